The number of aliphatic carboxylic acids is 1. The number of aromatic nitrogens is 2. The first-order chi connectivity index (χ1) is 11.7. The molecule has 0 amide bonds. The molecular formula is C17H24N4O2S. The Bertz CT molecular complexity index is 730. The number of hydrogen-bond acceptors (Lipinski definition) is 5. The molecule has 24 heavy (non-hydrogen) atoms. The fourth-order valence-electron chi connectivity index (χ4n) is 3.68. The minimum atomic E-state index is -0.735. The third-order valence-electron chi connectivity index (χ3n) is 5.29. The Balaban J connectivity index is 1.35. The van der Waals surface area contributed by atoms with Crippen LogP contribution < -0.4 is 5.32 Å². The molecule has 2 aromatic heterocycles. The molecule has 2 aliphatic carbocycles. The Labute approximate surface area is 145 Å². The molecule has 0 bridgehead atoms. The lowest BCUT2D eigenvalue weighted by molar-refractivity contribution is -0.139. The van der Waals surface area contributed by atoms with E-state index in [1.54, 1.807) is 11.3 Å². The summed E-state index contributed by atoms with van der Waals surface area (Å²) in [6.07, 6.45) is 6.72. The molecule has 0 aliphatic heterocycles. The summed E-state index contributed by atoms with van der Waals surface area (Å²) < 4.78 is 2.23. The van der Waals surface area contributed by atoms with Crippen molar-refractivity contribution in [1.29, 1.82) is 0 Å². The Kier molecular flexibility index (Phi) is 4.32. The fraction of sp³-hybridized carbons (Fsp3) is 0.647. The second-order valence-electron chi connectivity index (χ2n) is 6.93. The number of carboxylic acids is 1. The van der Waals surface area contributed by atoms with Crippen molar-refractivity contribution in [2.45, 2.75) is 57.2 Å². The van der Waals surface area contributed by atoms with E-state index >= 15 is 0 Å². The summed E-state index contributed by atoms with van der Waals surface area (Å²) in [5, 5.41) is 14.7. The number of thiazole rings is 1. The third kappa shape index (κ3) is 3.08. The molecule has 2 aromatic rings. The summed E-state index contributed by atoms with van der Waals surface area (Å²) in [6, 6.07) is 0.882. The van der Waals surface area contributed by atoms with Crippen LogP contribution in [-0.2, 0) is 11.3 Å². The summed E-state index contributed by atoms with van der Waals surface area (Å²) in [5.41, 5.74) is 2.60. The lowest BCUT2D eigenvalue weighted by Gasteiger charge is -2.42. The van der Waals surface area contributed by atoms with Crippen LogP contribution in [-0.4, -0.2) is 50.5 Å². The maximum Gasteiger partial charge on any atom is 0.317 e. The van der Waals surface area contributed by atoms with Crippen LogP contribution in [0.4, 0.5) is 0 Å². The van der Waals surface area contributed by atoms with Crippen LogP contribution in [0.1, 0.15) is 49.9 Å². The SMILES string of the molecule is CCN(CC(=O)O)C1CC(NCc2c(C3CC3)nc3sccn23)C1. The van der Waals surface area contributed by atoms with E-state index in [0.717, 1.165) is 30.9 Å². The van der Waals surface area contributed by atoms with Gasteiger partial charge in [0.15, 0.2) is 4.96 Å². The summed E-state index contributed by atoms with van der Waals surface area (Å²) in [7, 11) is 0. The van der Waals surface area contributed by atoms with E-state index in [2.05, 4.69) is 26.2 Å². The molecule has 2 fully saturated rings. The number of nitrogens with one attached hydrogen (secondary N) is 1. The highest BCUT2D eigenvalue weighted by Crippen LogP contribution is 2.42. The predicted molar refractivity (Wildman–Crippen MR) is 93.6 cm³/mol. The van der Waals surface area contributed by atoms with Gasteiger partial charge in [0.25, 0.3) is 0 Å². The number of fused-ring (bicyclic) bond motifs is 1. The van der Waals surface area contributed by atoms with Gasteiger partial charge >= 0.3 is 5.97 Å². The molecule has 2 heterocycles. The van der Waals surface area contributed by atoms with Gasteiger partial charge in [0, 0.05) is 36.1 Å². The number of hydrogen-bond donors (Lipinski definition) is 2. The van der Waals surface area contributed by atoms with Gasteiger partial charge in [0.2, 0.25) is 0 Å². The van der Waals surface area contributed by atoms with Gasteiger partial charge in [-0.2, -0.15) is 0 Å². The Hall–Kier alpha value is -1.44. The smallest absolute Gasteiger partial charge is 0.317 e. The van der Waals surface area contributed by atoms with Crippen LogP contribution in [0.2, 0.25) is 0 Å². The van der Waals surface area contributed by atoms with E-state index in [-0.39, 0.29) is 6.54 Å². The zero-order chi connectivity index (χ0) is 16.7. The van der Waals surface area contributed by atoms with Crippen molar-refractivity contribution in [2.75, 3.05) is 13.1 Å². The molecule has 0 radical (unpaired) electrons. The molecule has 0 aromatic carbocycles. The fourth-order valence-corrected chi connectivity index (χ4v) is 4.42. The maximum atomic E-state index is 10.9. The van der Waals surface area contributed by atoms with Gasteiger partial charge in [-0.25, -0.2) is 4.98 Å². The molecule has 0 unspecified atom stereocenters. The van der Waals surface area contributed by atoms with Crippen LogP contribution in [0.15, 0.2) is 11.6 Å². The largest absolute Gasteiger partial charge is 0.480 e. The second kappa shape index (κ2) is 6.46. The lowest BCUT2D eigenvalue weighted by Crippen LogP contribution is -2.53. The first-order valence-corrected chi connectivity index (χ1v) is 9.67. The molecular weight excluding hydrogens is 324 g/mol. The zero-order valence-corrected chi connectivity index (χ0v) is 14.8. The highest BCUT2D eigenvalue weighted by Gasteiger charge is 2.35. The summed E-state index contributed by atoms with van der Waals surface area (Å²) >= 11 is 1.70. The maximum absolute atomic E-state index is 10.9. The summed E-state index contributed by atoms with van der Waals surface area (Å²) in [4.78, 5) is 18.9. The number of imidazole rings is 1. The molecule has 4 rings (SSSR count). The monoisotopic (exact) mass is 348 g/mol. The standard InChI is InChI=1S/C17H24N4O2S/c1-2-20(10-15(22)23)13-7-12(8-13)18-9-14-16(11-3-4-11)19-17-21(14)5-6-24-17/h5-6,11-13,18H,2-4,7-10H2,1H3,(H,22,23). The van der Waals surface area contributed by atoms with Gasteiger partial charge < -0.3 is 10.4 Å². The van der Waals surface area contributed by atoms with Gasteiger partial charge in [-0.1, -0.05) is 6.92 Å². The second-order valence-corrected chi connectivity index (χ2v) is 7.81. The van der Waals surface area contributed by atoms with E-state index in [0.29, 0.717) is 18.0 Å². The van der Waals surface area contributed by atoms with Gasteiger partial charge in [-0.15, -0.1) is 11.3 Å². The minimum absolute atomic E-state index is 0.151. The van der Waals surface area contributed by atoms with Crippen molar-refractivity contribution in [3.63, 3.8) is 0 Å². The van der Waals surface area contributed by atoms with Crippen LogP contribution in [0.25, 0.3) is 4.96 Å². The van der Waals surface area contributed by atoms with E-state index < -0.39 is 5.97 Å². The Morgan fingerprint density at radius 1 is 1.50 bits per heavy atom. The van der Waals surface area contributed by atoms with Crippen LogP contribution in [0.3, 0.4) is 0 Å². The lowest BCUT2D eigenvalue weighted by atomic mass is 9.85. The normalized spacial score (nSPS) is 23.8. The average Bonchev–Trinajstić information content (AvgIpc) is 3.15. The molecule has 7 heteroatoms. The number of likely N-dealkylation sites (N-methyl/N-ethyl adjacent to an activating group) is 1. The molecule has 0 spiro atoms. The van der Waals surface area contributed by atoms with E-state index in [9.17, 15) is 4.79 Å². The van der Waals surface area contributed by atoms with Gasteiger partial charge in [0.1, 0.15) is 0 Å². The summed E-state index contributed by atoms with van der Waals surface area (Å²) in [5.74, 6) is -0.0735. The summed E-state index contributed by atoms with van der Waals surface area (Å²) in [6.45, 7) is 3.84. The average molecular weight is 348 g/mol. The van der Waals surface area contributed by atoms with Crippen molar-refractivity contribution >= 4 is 22.3 Å². The molecule has 0 saturated heterocycles. The molecule has 2 saturated carbocycles. The zero-order valence-electron chi connectivity index (χ0n) is 13.9. The first-order valence-electron chi connectivity index (χ1n) is 8.79. The minimum Gasteiger partial charge on any atom is -0.480 e. The highest BCUT2D eigenvalue weighted by molar-refractivity contribution is 7.15. The number of rotatable bonds is 8. The highest BCUT2D eigenvalue weighted by atomic mass is 32.1. The van der Waals surface area contributed by atoms with Crippen molar-refractivity contribution in [1.82, 2.24) is 19.6 Å². The molecule has 2 aliphatic rings. The molecule has 0 atom stereocenters. The van der Waals surface area contributed by atoms with Gasteiger partial charge in [-0.3, -0.25) is 14.1 Å². The Morgan fingerprint density at radius 3 is 2.96 bits per heavy atom. The van der Waals surface area contributed by atoms with Gasteiger partial charge in [0.05, 0.1) is 17.9 Å². The van der Waals surface area contributed by atoms with Crippen molar-refractivity contribution < 1.29 is 9.90 Å². The van der Waals surface area contributed by atoms with Crippen LogP contribution in [0, 0.1) is 0 Å². The quantitative estimate of drug-likeness (QED) is 0.766. The predicted octanol–water partition coefficient (Wildman–Crippen LogP) is 2.30. The van der Waals surface area contributed by atoms with Crippen LogP contribution >= 0.6 is 11.3 Å². The van der Waals surface area contributed by atoms with E-state index in [1.807, 2.05) is 6.92 Å². The van der Waals surface area contributed by atoms with Gasteiger partial charge in [-0.05, 0) is 32.2 Å². The number of carboxylic acid groups (broad SMARTS) is 1. The molecule has 6 nitrogen and oxygen atoms in total. The first kappa shape index (κ1) is 16.1. The van der Waals surface area contributed by atoms with Crippen molar-refractivity contribution in [3.8, 4) is 0 Å². The molecule has 2 N–H and O–H groups in total. The number of nitrogens with zero attached hydrogens (tertiary/aromatic N) is 3. The van der Waals surface area contributed by atoms with E-state index in [4.69, 9.17) is 10.1 Å². The van der Waals surface area contributed by atoms with Crippen LogP contribution in [0.5, 0.6) is 0 Å². The van der Waals surface area contributed by atoms with E-state index in [1.165, 1.54) is 24.2 Å². The van der Waals surface area contributed by atoms with Crippen molar-refractivity contribution in [2.24, 2.45) is 0 Å². The molecule has 130 valence electrons. The topological polar surface area (TPSA) is 69.9 Å². The van der Waals surface area contributed by atoms with Crippen molar-refractivity contribution in [3.05, 3.63) is 23.0 Å². The third-order valence-corrected chi connectivity index (χ3v) is 6.04. The Morgan fingerprint density at radius 2 is 2.29 bits per heavy atom. The number of carbonyl (C=O) groups is 1.